The van der Waals surface area contributed by atoms with E-state index in [-0.39, 0.29) is 0 Å². The first-order chi connectivity index (χ1) is 9.24. The zero-order valence-corrected chi connectivity index (χ0v) is 11.7. The smallest absolute Gasteiger partial charge is 0.147 e. The lowest BCUT2D eigenvalue weighted by atomic mass is 10.2. The van der Waals surface area contributed by atoms with Crippen LogP contribution in [0.4, 0.5) is 5.82 Å². The molecule has 5 nitrogen and oxygen atoms in total. The number of thiophene rings is 1. The Labute approximate surface area is 115 Å². The van der Waals surface area contributed by atoms with Crippen LogP contribution in [0.25, 0.3) is 10.2 Å². The second-order valence-electron chi connectivity index (χ2n) is 4.52. The topological polar surface area (TPSA) is 55.6 Å². The van der Waals surface area contributed by atoms with Crippen molar-refractivity contribution in [2.45, 2.75) is 13.3 Å². The summed E-state index contributed by atoms with van der Waals surface area (Å²) in [6.45, 7) is 2.92. The molecule has 3 aromatic heterocycles. The molecular weight excluding hydrogens is 258 g/mol. The molecule has 0 aromatic carbocycles. The van der Waals surface area contributed by atoms with Crippen LogP contribution in [0.3, 0.4) is 0 Å². The highest BCUT2D eigenvalue weighted by atomic mass is 32.1. The van der Waals surface area contributed by atoms with E-state index < -0.39 is 0 Å². The zero-order valence-electron chi connectivity index (χ0n) is 10.9. The highest BCUT2D eigenvalue weighted by Crippen LogP contribution is 2.28. The van der Waals surface area contributed by atoms with Gasteiger partial charge in [0.25, 0.3) is 0 Å². The predicted molar refractivity (Wildman–Crippen MR) is 77.6 cm³/mol. The average Bonchev–Trinajstić information content (AvgIpc) is 2.98. The lowest BCUT2D eigenvalue weighted by Gasteiger charge is -2.05. The van der Waals surface area contributed by atoms with Crippen molar-refractivity contribution in [1.29, 1.82) is 0 Å². The molecule has 1 N–H and O–H groups in total. The zero-order chi connectivity index (χ0) is 13.2. The molecule has 3 rings (SSSR count). The van der Waals surface area contributed by atoms with Crippen LogP contribution in [0.2, 0.25) is 0 Å². The van der Waals surface area contributed by atoms with E-state index in [2.05, 4.69) is 32.7 Å². The van der Waals surface area contributed by atoms with Gasteiger partial charge in [-0.25, -0.2) is 9.97 Å². The monoisotopic (exact) mass is 273 g/mol. The minimum Gasteiger partial charge on any atom is -0.368 e. The van der Waals surface area contributed by atoms with Crippen molar-refractivity contribution >= 4 is 27.4 Å². The normalized spacial score (nSPS) is 11.1. The molecular formula is C13H15N5S. The first kappa shape index (κ1) is 12.1. The maximum absolute atomic E-state index is 4.32. The number of rotatable bonds is 4. The number of fused-ring (bicyclic) bond motifs is 1. The molecule has 0 saturated carbocycles. The minimum absolute atomic E-state index is 0.842. The van der Waals surface area contributed by atoms with Crippen molar-refractivity contribution in [3.8, 4) is 0 Å². The SMILES string of the molecule is Cc1csc2c(NCCc3cnn(C)c3)ncnc12. The Morgan fingerprint density at radius 1 is 1.37 bits per heavy atom. The predicted octanol–water partition coefficient (Wildman–Crippen LogP) is 2.39. The third-order valence-corrected chi connectivity index (χ3v) is 4.09. The first-order valence-electron chi connectivity index (χ1n) is 6.14. The average molecular weight is 273 g/mol. The number of hydrogen-bond donors (Lipinski definition) is 1. The maximum Gasteiger partial charge on any atom is 0.147 e. The number of aryl methyl sites for hydroxylation is 2. The van der Waals surface area contributed by atoms with Crippen LogP contribution in [0, 0.1) is 6.92 Å². The molecule has 0 radical (unpaired) electrons. The van der Waals surface area contributed by atoms with E-state index in [1.54, 1.807) is 17.7 Å². The van der Waals surface area contributed by atoms with E-state index in [4.69, 9.17) is 0 Å². The number of nitrogens with one attached hydrogen (secondary N) is 1. The largest absolute Gasteiger partial charge is 0.368 e. The molecule has 98 valence electrons. The standard InChI is InChI=1S/C13H15N5S/c1-9-7-19-12-11(9)15-8-16-13(12)14-4-3-10-5-17-18(2)6-10/h5-8H,3-4H2,1-2H3,(H,14,15,16). The minimum atomic E-state index is 0.842. The summed E-state index contributed by atoms with van der Waals surface area (Å²) in [5, 5.41) is 9.66. The van der Waals surface area contributed by atoms with Gasteiger partial charge in [-0.05, 0) is 29.9 Å². The highest BCUT2D eigenvalue weighted by Gasteiger charge is 2.07. The first-order valence-corrected chi connectivity index (χ1v) is 7.02. The molecule has 0 aliphatic carbocycles. The summed E-state index contributed by atoms with van der Waals surface area (Å²) < 4.78 is 2.95. The fourth-order valence-corrected chi connectivity index (χ4v) is 2.99. The molecule has 3 heterocycles. The molecule has 0 aliphatic rings. The van der Waals surface area contributed by atoms with Gasteiger partial charge in [-0.3, -0.25) is 4.68 Å². The van der Waals surface area contributed by atoms with E-state index >= 15 is 0 Å². The Morgan fingerprint density at radius 2 is 2.26 bits per heavy atom. The molecule has 0 fully saturated rings. The molecule has 0 spiro atoms. The van der Waals surface area contributed by atoms with Crippen LogP contribution < -0.4 is 5.32 Å². The third kappa shape index (κ3) is 2.44. The van der Waals surface area contributed by atoms with Crippen LogP contribution in [-0.4, -0.2) is 26.3 Å². The number of nitrogens with zero attached hydrogens (tertiary/aromatic N) is 4. The second kappa shape index (κ2) is 4.97. The van der Waals surface area contributed by atoms with E-state index in [9.17, 15) is 0 Å². The summed E-state index contributed by atoms with van der Waals surface area (Å²) in [6, 6.07) is 0. The number of hydrogen-bond acceptors (Lipinski definition) is 5. The van der Waals surface area contributed by atoms with Gasteiger partial charge in [-0.2, -0.15) is 5.10 Å². The molecule has 0 saturated heterocycles. The van der Waals surface area contributed by atoms with Crippen LogP contribution in [0.5, 0.6) is 0 Å². The molecule has 19 heavy (non-hydrogen) atoms. The van der Waals surface area contributed by atoms with Crippen LogP contribution >= 0.6 is 11.3 Å². The highest BCUT2D eigenvalue weighted by molar-refractivity contribution is 7.18. The van der Waals surface area contributed by atoms with Gasteiger partial charge in [-0.1, -0.05) is 0 Å². The Kier molecular flexibility index (Phi) is 3.16. The van der Waals surface area contributed by atoms with Gasteiger partial charge in [0.1, 0.15) is 12.1 Å². The summed E-state index contributed by atoms with van der Waals surface area (Å²) in [5.74, 6) is 0.923. The third-order valence-electron chi connectivity index (χ3n) is 3.00. The van der Waals surface area contributed by atoms with Gasteiger partial charge in [0.15, 0.2) is 0 Å². The molecule has 0 aliphatic heterocycles. The Morgan fingerprint density at radius 3 is 3.05 bits per heavy atom. The van der Waals surface area contributed by atoms with E-state index in [1.807, 2.05) is 24.1 Å². The molecule has 3 aromatic rings. The van der Waals surface area contributed by atoms with E-state index in [0.717, 1.165) is 29.0 Å². The second-order valence-corrected chi connectivity index (χ2v) is 5.40. The summed E-state index contributed by atoms with van der Waals surface area (Å²) in [5.41, 5.74) is 3.48. The van der Waals surface area contributed by atoms with Crippen molar-refractivity contribution in [3.63, 3.8) is 0 Å². The van der Waals surface area contributed by atoms with Crippen LogP contribution in [-0.2, 0) is 13.5 Å². The van der Waals surface area contributed by atoms with Crippen molar-refractivity contribution in [1.82, 2.24) is 19.7 Å². The lowest BCUT2D eigenvalue weighted by Crippen LogP contribution is -2.06. The number of anilines is 1. The lowest BCUT2D eigenvalue weighted by molar-refractivity contribution is 0.767. The van der Waals surface area contributed by atoms with E-state index in [1.165, 1.54) is 11.1 Å². The van der Waals surface area contributed by atoms with Crippen LogP contribution in [0.1, 0.15) is 11.1 Å². The van der Waals surface area contributed by atoms with E-state index in [0.29, 0.717) is 0 Å². The van der Waals surface area contributed by atoms with Crippen molar-refractivity contribution in [2.75, 3.05) is 11.9 Å². The summed E-state index contributed by atoms with van der Waals surface area (Å²) in [7, 11) is 1.93. The van der Waals surface area contributed by atoms with Gasteiger partial charge in [0.05, 0.1) is 16.4 Å². The van der Waals surface area contributed by atoms with Gasteiger partial charge in [0.2, 0.25) is 0 Å². The molecule has 0 bridgehead atoms. The van der Waals surface area contributed by atoms with Crippen molar-refractivity contribution in [2.24, 2.45) is 7.05 Å². The Balaban J connectivity index is 1.71. The molecule has 0 unspecified atom stereocenters. The summed E-state index contributed by atoms with van der Waals surface area (Å²) in [4.78, 5) is 8.64. The Bertz CT molecular complexity index is 700. The molecule has 6 heteroatoms. The van der Waals surface area contributed by atoms with Gasteiger partial charge in [-0.15, -0.1) is 11.3 Å². The van der Waals surface area contributed by atoms with Crippen molar-refractivity contribution in [3.05, 3.63) is 35.2 Å². The van der Waals surface area contributed by atoms with Gasteiger partial charge in [0, 0.05) is 19.8 Å². The fraction of sp³-hybridized carbons (Fsp3) is 0.308. The van der Waals surface area contributed by atoms with Crippen LogP contribution in [0.15, 0.2) is 24.1 Å². The quantitative estimate of drug-likeness (QED) is 0.793. The molecule has 0 amide bonds. The Hall–Kier alpha value is -1.95. The summed E-state index contributed by atoms with van der Waals surface area (Å²) in [6.07, 6.45) is 6.48. The number of aromatic nitrogens is 4. The van der Waals surface area contributed by atoms with Gasteiger partial charge < -0.3 is 5.32 Å². The van der Waals surface area contributed by atoms with Gasteiger partial charge >= 0.3 is 0 Å². The maximum atomic E-state index is 4.32. The fourth-order valence-electron chi connectivity index (χ4n) is 2.02. The van der Waals surface area contributed by atoms with Crippen molar-refractivity contribution < 1.29 is 0 Å². The summed E-state index contributed by atoms with van der Waals surface area (Å²) >= 11 is 1.69. The molecule has 0 atom stereocenters.